The summed E-state index contributed by atoms with van der Waals surface area (Å²) in [5.41, 5.74) is 1.96. The Morgan fingerprint density at radius 2 is 1.82 bits per heavy atom. The Morgan fingerprint density at radius 3 is 2.64 bits per heavy atom. The lowest BCUT2D eigenvalue weighted by atomic mass is 9.98. The summed E-state index contributed by atoms with van der Waals surface area (Å²) >= 11 is 7.53. The third-order valence-electron chi connectivity index (χ3n) is 4.19. The van der Waals surface area contributed by atoms with Crippen LogP contribution in [0.5, 0.6) is 0 Å². The summed E-state index contributed by atoms with van der Waals surface area (Å²) in [6.45, 7) is 2.14. The molecule has 0 aliphatic heterocycles. The van der Waals surface area contributed by atoms with Crippen LogP contribution in [0.1, 0.15) is 30.1 Å². The Labute approximate surface area is 171 Å². The van der Waals surface area contributed by atoms with E-state index in [4.69, 9.17) is 20.5 Å². The molecule has 0 spiro atoms. The fourth-order valence-electron chi connectivity index (χ4n) is 2.72. The predicted octanol–water partition coefficient (Wildman–Crippen LogP) is 5.41. The number of rotatable bonds is 7. The van der Waals surface area contributed by atoms with Crippen molar-refractivity contribution in [2.75, 3.05) is 0 Å². The summed E-state index contributed by atoms with van der Waals surface area (Å²) in [6.07, 6.45) is 0.691. The maximum Gasteiger partial charge on any atom is 0.277 e. The van der Waals surface area contributed by atoms with Gasteiger partial charge in [0, 0.05) is 6.42 Å². The van der Waals surface area contributed by atoms with Crippen LogP contribution in [-0.4, -0.2) is 20.3 Å². The molecule has 2 aromatic carbocycles. The molecule has 6 nitrogen and oxygen atoms in total. The van der Waals surface area contributed by atoms with E-state index >= 15 is 0 Å². The number of thioether (sulfide) groups is 1. The second-order valence-electron chi connectivity index (χ2n) is 6.26. The van der Waals surface area contributed by atoms with Crippen molar-refractivity contribution in [3.63, 3.8) is 0 Å². The van der Waals surface area contributed by atoms with Gasteiger partial charge in [0.05, 0.1) is 16.3 Å². The minimum Gasteiger partial charge on any atom is -0.416 e. The van der Waals surface area contributed by atoms with Gasteiger partial charge in [0.1, 0.15) is 0 Å². The lowest BCUT2D eigenvalue weighted by Crippen LogP contribution is -1.98. The highest BCUT2D eigenvalue weighted by molar-refractivity contribution is 7.98. The molecule has 2 aromatic heterocycles. The Bertz CT molecular complexity index is 1050. The number of aromatic nitrogens is 4. The molecule has 4 rings (SSSR count). The third-order valence-corrected chi connectivity index (χ3v) is 5.34. The van der Waals surface area contributed by atoms with Crippen LogP contribution in [0.25, 0.3) is 11.5 Å². The monoisotopic (exact) mass is 412 g/mol. The van der Waals surface area contributed by atoms with Crippen LogP contribution in [0.15, 0.2) is 68.8 Å². The first kappa shape index (κ1) is 18.7. The van der Waals surface area contributed by atoms with Gasteiger partial charge in [0.25, 0.3) is 11.1 Å². The average Bonchev–Trinajstić information content (AvgIpc) is 3.37. The highest BCUT2D eigenvalue weighted by Gasteiger charge is 2.15. The van der Waals surface area contributed by atoms with Crippen molar-refractivity contribution in [3.05, 3.63) is 76.9 Å². The zero-order valence-corrected chi connectivity index (χ0v) is 16.7. The van der Waals surface area contributed by atoms with Crippen molar-refractivity contribution in [2.24, 2.45) is 0 Å². The van der Waals surface area contributed by atoms with E-state index in [2.05, 4.69) is 39.4 Å². The summed E-state index contributed by atoms with van der Waals surface area (Å²) in [5, 5.41) is 13.3. The second kappa shape index (κ2) is 8.58. The molecule has 0 saturated carbocycles. The maximum absolute atomic E-state index is 6.16. The van der Waals surface area contributed by atoms with Crippen LogP contribution in [-0.2, 0) is 12.2 Å². The SMILES string of the molecule is CC(Cc1nnc(SCc2noc(-c3ccccc3Cl)n2)o1)c1ccccc1. The largest absolute Gasteiger partial charge is 0.416 e. The van der Waals surface area contributed by atoms with E-state index in [1.54, 1.807) is 6.07 Å². The first-order valence-corrected chi connectivity index (χ1v) is 10.1. The molecule has 0 N–H and O–H groups in total. The molecule has 0 aliphatic carbocycles. The van der Waals surface area contributed by atoms with Crippen LogP contribution in [0.4, 0.5) is 0 Å². The zero-order chi connectivity index (χ0) is 19.3. The van der Waals surface area contributed by atoms with E-state index in [1.807, 2.05) is 36.4 Å². The van der Waals surface area contributed by atoms with Crippen LogP contribution in [0, 0.1) is 0 Å². The number of halogens is 1. The first-order valence-electron chi connectivity index (χ1n) is 8.76. The van der Waals surface area contributed by atoms with E-state index in [0.717, 1.165) is 0 Å². The Kier molecular flexibility index (Phi) is 5.73. The van der Waals surface area contributed by atoms with Crippen molar-refractivity contribution in [1.29, 1.82) is 0 Å². The van der Waals surface area contributed by atoms with Crippen molar-refractivity contribution >= 4 is 23.4 Å². The molecule has 2 heterocycles. The molecule has 0 amide bonds. The lowest BCUT2D eigenvalue weighted by molar-refractivity contribution is 0.404. The van der Waals surface area contributed by atoms with Gasteiger partial charge < -0.3 is 8.94 Å². The van der Waals surface area contributed by atoms with E-state index < -0.39 is 0 Å². The Balaban J connectivity index is 1.36. The average molecular weight is 413 g/mol. The normalized spacial score (nSPS) is 12.2. The van der Waals surface area contributed by atoms with Crippen molar-refractivity contribution in [2.45, 2.75) is 30.2 Å². The Morgan fingerprint density at radius 1 is 1.04 bits per heavy atom. The zero-order valence-electron chi connectivity index (χ0n) is 15.1. The van der Waals surface area contributed by atoms with Crippen LogP contribution in [0.2, 0.25) is 5.02 Å². The highest BCUT2D eigenvalue weighted by Crippen LogP contribution is 2.28. The summed E-state index contributed by atoms with van der Waals surface area (Å²) in [6, 6.07) is 17.6. The predicted molar refractivity (Wildman–Crippen MR) is 107 cm³/mol. The molecular formula is C20H17ClN4O2S. The molecule has 0 saturated heterocycles. The maximum atomic E-state index is 6.16. The molecule has 4 aromatic rings. The molecule has 142 valence electrons. The Hall–Kier alpha value is -2.64. The minimum absolute atomic E-state index is 0.301. The van der Waals surface area contributed by atoms with Crippen molar-refractivity contribution in [1.82, 2.24) is 20.3 Å². The van der Waals surface area contributed by atoms with Gasteiger partial charge in [-0.05, 0) is 23.6 Å². The first-order chi connectivity index (χ1) is 13.7. The summed E-state index contributed by atoms with van der Waals surface area (Å²) in [7, 11) is 0. The van der Waals surface area contributed by atoms with Gasteiger partial charge in [-0.15, -0.1) is 10.2 Å². The molecular weight excluding hydrogens is 396 g/mol. The van der Waals surface area contributed by atoms with Crippen LogP contribution < -0.4 is 0 Å². The van der Waals surface area contributed by atoms with Crippen molar-refractivity contribution in [3.8, 4) is 11.5 Å². The molecule has 0 bridgehead atoms. The molecule has 0 radical (unpaired) electrons. The molecule has 1 atom stereocenters. The van der Waals surface area contributed by atoms with Gasteiger partial charge in [0.15, 0.2) is 5.82 Å². The van der Waals surface area contributed by atoms with Gasteiger partial charge in [0.2, 0.25) is 5.89 Å². The summed E-state index contributed by atoms with van der Waals surface area (Å²) in [4.78, 5) is 4.38. The lowest BCUT2D eigenvalue weighted by Gasteiger charge is -2.08. The number of nitrogens with zero attached hydrogens (tertiary/aromatic N) is 4. The van der Waals surface area contributed by atoms with Crippen LogP contribution in [0.3, 0.4) is 0 Å². The third kappa shape index (κ3) is 4.43. The van der Waals surface area contributed by atoms with E-state index in [1.165, 1.54) is 17.3 Å². The highest BCUT2D eigenvalue weighted by atomic mass is 35.5. The quantitative estimate of drug-likeness (QED) is 0.375. The number of hydrogen-bond donors (Lipinski definition) is 0. The molecule has 0 fully saturated rings. The number of benzene rings is 2. The summed E-state index contributed by atoms with van der Waals surface area (Å²) in [5.74, 6) is 2.31. The van der Waals surface area contributed by atoms with Gasteiger partial charge in [-0.1, -0.05) is 77.9 Å². The van der Waals surface area contributed by atoms with Crippen molar-refractivity contribution < 1.29 is 8.94 Å². The fraction of sp³-hybridized carbons (Fsp3) is 0.200. The molecule has 1 unspecified atom stereocenters. The smallest absolute Gasteiger partial charge is 0.277 e. The summed E-state index contributed by atoms with van der Waals surface area (Å²) < 4.78 is 11.0. The molecule has 0 aliphatic rings. The van der Waals surface area contributed by atoms with E-state index in [-0.39, 0.29) is 0 Å². The van der Waals surface area contributed by atoms with Gasteiger partial charge >= 0.3 is 0 Å². The van der Waals surface area contributed by atoms with Gasteiger partial charge in [-0.2, -0.15) is 4.98 Å². The topological polar surface area (TPSA) is 77.8 Å². The number of hydrogen-bond acceptors (Lipinski definition) is 7. The molecule has 8 heteroatoms. The van der Waals surface area contributed by atoms with Crippen LogP contribution >= 0.6 is 23.4 Å². The van der Waals surface area contributed by atoms with Gasteiger partial charge in [-0.3, -0.25) is 0 Å². The molecule has 28 heavy (non-hydrogen) atoms. The second-order valence-corrected chi connectivity index (χ2v) is 7.60. The van der Waals surface area contributed by atoms with E-state index in [0.29, 0.717) is 51.5 Å². The fourth-order valence-corrected chi connectivity index (χ4v) is 3.56. The van der Waals surface area contributed by atoms with Gasteiger partial charge in [-0.25, -0.2) is 0 Å². The minimum atomic E-state index is 0.301. The standard InChI is InChI=1S/C20H17ClN4O2S/c1-13(14-7-3-2-4-8-14)11-18-23-24-20(26-18)28-12-17-22-19(27-25-17)15-9-5-6-10-16(15)21/h2-10,13H,11-12H2,1H3. The van der Waals surface area contributed by atoms with E-state index in [9.17, 15) is 0 Å².